The second-order valence-electron chi connectivity index (χ2n) is 7.07. The lowest BCUT2D eigenvalue weighted by Crippen LogP contribution is -2.32. The van der Waals surface area contributed by atoms with Crippen molar-refractivity contribution in [2.45, 2.75) is 31.8 Å². The molecule has 9 nitrogen and oxygen atoms in total. The van der Waals surface area contributed by atoms with Gasteiger partial charge >= 0.3 is 0 Å². The number of fused-ring (bicyclic) bond motifs is 1. The first-order chi connectivity index (χ1) is 16.5. The molecule has 34 heavy (non-hydrogen) atoms. The molecule has 0 saturated heterocycles. The van der Waals surface area contributed by atoms with E-state index in [2.05, 4.69) is 10.3 Å². The molecule has 10 heteroatoms. The van der Waals surface area contributed by atoms with E-state index in [9.17, 15) is 9.59 Å². The molecule has 0 aliphatic rings. The largest absolute Gasteiger partial charge is 0.497 e. The van der Waals surface area contributed by atoms with E-state index in [1.165, 1.54) is 23.4 Å². The Labute approximate surface area is 202 Å². The van der Waals surface area contributed by atoms with Crippen LogP contribution in [0.5, 0.6) is 11.5 Å². The maximum absolute atomic E-state index is 13.2. The van der Waals surface area contributed by atoms with Crippen molar-refractivity contribution in [3.8, 4) is 11.5 Å². The van der Waals surface area contributed by atoms with Crippen LogP contribution >= 0.6 is 11.8 Å². The molecule has 1 heterocycles. The average Bonchev–Trinajstić information content (AvgIpc) is 2.85. The lowest BCUT2D eigenvalue weighted by Gasteiger charge is -2.20. The summed E-state index contributed by atoms with van der Waals surface area (Å²) in [7, 11) is 3.07. The van der Waals surface area contributed by atoms with Gasteiger partial charge in [0.1, 0.15) is 11.5 Å². The Morgan fingerprint density at radius 1 is 1.09 bits per heavy atom. The minimum absolute atomic E-state index is 0.0356. The fourth-order valence-electron chi connectivity index (χ4n) is 3.31. The molecular formula is C24H29N3O6S. The number of thioether (sulfide) groups is 1. The summed E-state index contributed by atoms with van der Waals surface area (Å²) < 4.78 is 23.3. The van der Waals surface area contributed by atoms with Crippen LogP contribution in [0.2, 0.25) is 0 Å². The van der Waals surface area contributed by atoms with Gasteiger partial charge in [-0.25, -0.2) is 4.98 Å². The van der Waals surface area contributed by atoms with Gasteiger partial charge in [0.2, 0.25) is 5.91 Å². The van der Waals surface area contributed by atoms with E-state index in [4.69, 9.17) is 18.9 Å². The van der Waals surface area contributed by atoms with Crippen LogP contribution in [-0.4, -0.2) is 54.9 Å². The molecule has 3 aromatic rings. The average molecular weight is 488 g/mol. The first-order valence-corrected chi connectivity index (χ1v) is 11.9. The smallest absolute Gasteiger partial charge is 0.262 e. The molecule has 0 aliphatic heterocycles. The molecule has 0 unspecified atom stereocenters. The minimum Gasteiger partial charge on any atom is -0.497 e. The van der Waals surface area contributed by atoms with Crippen molar-refractivity contribution in [2.24, 2.45) is 0 Å². The van der Waals surface area contributed by atoms with Gasteiger partial charge in [-0.2, -0.15) is 0 Å². The van der Waals surface area contributed by atoms with Gasteiger partial charge in [-0.3, -0.25) is 14.2 Å². The molecule has 0 aliphatic carbocycles. The summed E-state index contributed by atoms with van der Waals surface area (Å²) in [5.74, 6) is 0.864. The fraction of sp³-hybridized carbons (Fsp3) is 0.375. The number of hydrogen-bond acceptors (Lipinski definition) is 8. The number of amides is 1. The molecule has 0 saturated carbocycles. The number of benzene rings is 2. The Bertz CT molecular complexity index is 1180. The Morgan fingerprint density at radius 2 is 1.82 bits per heavy atom. The van der Waals surface area contributed by atoms with Crippen LogP contribution in [0.25, 0.3) is 10.9 Å². The summed E-state index contributed by atoms with van der Waals surface area (Å²) in [5.41, 5.74) is 0.869. The Balaban J connectivity index is 1.84. The zero-order valence-corrected chi connectivity index (χ0v) is 20.5. The molecule has 182 valence electrons. The number of rotatable bonds is 12. The van der Waals surface area contributed by atoms with E-state index in [-0.39, 0.29) is 23.8 Å². The van der Waals surface area contributed by atoms with E-state index in [0.29, 0.717) is 46.5 Å². The van der Waals surface area contributed by atoms with E-state index in [1.807, 2.05) is 19.9 Å². The van der Waals surface area contributed by atoms with Gasteiger partial charge < -0.3 is 24.3 Å². The number of aromatic nitrogens is 2. The number of hydrogen-bond donors (Lipinski definition) is 1. The number of nitrogens with zero attached hydrogens (tertiary/aromatic N) is 2. The summed E-state index contributed by atoms with van der Waals surface area (Å²) in [5, 5.41) is 3.73. The van der Waals surface area contributed by atoms with E-state index in [0.717, 1.165) is 0 Å². The number of para-hydroxylation sites is 1. The Morgan fingerprint density at radius 3 is 2.50 bits per heavy atom. The van der Waals surface area contributed by atoms with Crippen LogP contribution in [0.1, 0.15) is 13.8 Å². The Hall–Kier alpha value is -3.08. The third-order valence-corrected chi connectivity index (χ3v) is 5.85. The number of ether oxygens (including phenoxy) is 4. The SMILES string of the molecule is CCOC(Cn1c(SCC(=O)Nc2ccc(OC)cc2OC)nc2ccccc2c1=O)OCC. The zero-order chi connectivity index (χ0) is 24.5. The summed E-state index contributed by atoms with van der Waals surface area (Å²) in [6, 6.07) is 12.2. The minimum atomic E-state index is -0.604. The highest BCUT2D eigenvalue weighted by molar-refractivity contribution is 7.99. The van der Waals surface area contributed by atoms with Crippen molar-refractivity contribution in [1.29, 1.82) is 0 Å². The standard InChI is InChI=1S/C24H29N3O6S/c1-5-32-22(33-6-2)14-27-23(29)17-9-7-8-10-18(17)26-24(27)34-15-21(28)25-19-12-11-16(30-3)13-20(19)31-4/h7-13,22H,5-6,14-15H2,1-4H3,(H,25,28). The number of carbonyl (C=O) groups excluding carboxylic acids is 1. The van der Waals surface area contributed by atoms with E-state index < -0.39 is 6.29 Å². The molecule has 1 amide bonds. The van der Waals surface area contributed by atoms with Crippen LogP contribution in [0, 0.1) is 0 Å². The van der Waals surface area contributed by atoms with Crippen molar-refractivity contribution in [3.05, 3.63) is 52.8 Å². The molecule has 0 spiro atoms. The van der Waals surface area contributed by atoms with Crippen LogP contribution in [0.4, 0.5) is 5.69 Å². The molecule has 1 aromatic heterocycles. The Kier molecular flexibility index (Phi) is 9.32. The molecule has 0 radical (unpaired) electrons. The van der Waals surface area contributed by atoms with Crippen molar-refractivity contribution in [2.75, 3.05) is 38.5 Å². The van der Waals surface area contributed by atoms with E-state index >= 15 is 0 Å². The normalized spacial score (nSPS) is 11.1. The number of carbonyl (C=O) groups is 1. The molecule has 0 atom stereocenters. The molecule has 0 bridgehead atoms. The lowest BCUT2D eigenvalue weighted by molar-refractivity contribution is -0.144. The predicted octanol–water partition coefficient (Wildman–Crippen LogP) is 3.54. The fourth-order valence-corrected chi connectivity index (χ4v) is 4.12. The molecule has 3 rings (SSSR count). The van der Waals surface area contributed by atoms with Crippen LogP contribution in [0.15, 0.2) is 52.4 Å². The van der Waals surface area contributed by atoms with Gasteiger partial charge in [0.15, 0.2) is 11.4 Å². The predicted molar refractivity (Wildman–Crippen MR) is 132 cm³/mol. The van der Waals surface area contributed by atoms with Crippen molar-refractivity contribution >= 4 is 34.3 Å². The van der Waals surface area contributed by atoms with Gasteiger partial charge in [-0.15, -0.1) is 0 Å². The summed E-state index contributed by atoms with van der Waals surface area (Å²) in [6.07, 6.45) is -0.604. The first kappa shape index (κ1) is 25.5. The van der Waals surface area contributed by atoms with Gasteiger partial charge in [-0.1, -0.05) is 23.9 Å². The van der Waals surface area contributed by atoms with Crippen LogP contribution in [-0.2, 0) is 20.8 Å². The topological polar surface area (TPSA) is 101 Å². The second-order valence-corrected chi connectivity index (χ2v) is 8.01. The van der Waals surface area contributed by atoms with Crippen molar-refractivity contribution < 1.29 is 23.7 Å². The van der Waals surface area contributed by atoms with Gasteiger partial charge in [0.05, 0.1) is 43.1 Å². The number of anilines is 1. The van der Waals surface area contributed by atoms with Crippen molar-refractivity contribution in [1.82, 2.24) is 9.55 Å². The third-order valence-electron chi connectivity index (χ3n) is 4.88. The monoisotopic (exact) mass is 487 g/mol. The second kappa shape index (κ2) is 12.4. The molecular weight excluding hydrogens is 458 g/mol. The molecule has 0 fully saturated rings. The maximum atomic E-state index is 13.2. The quantitative estimate of drug-likeness (QED) is 0.235. The van der Waals surface area contributed by atoms with E-state index in [1.54, 1.807) is 43.5 Å². The number of methoxy groups -OCH3 is 2. The first-order valence-electron chi connectivity index (χ1n) is 10.9. The van der Waals surface area contributed by atoms with Crippen LogP contribution < -0.4 is 20.3 Å². The number of nitrogens with one attached hydrogen (secondary N) is 1. The highest BCUT2D eigenvalue weighted by atomic mass is 32.2. The van der Waals surface area contributed by atoms with Gasteiger partial charge in [-0.05, 0) is 38.1 Å². The lowest BCUT2D eigenvalue weighted by atomic mass is 10.2. The van der Waals surface area contributed by atoms with Crippen LogP contribution in [0.3, 0.4) is 0 Å². The maximum Gasteiger partial charge on any atom is 0.262 e. The highest BCUT2D eigenvalue weighted by Gasteiger charge is 2.18. The molecule has 1 N–H and O–H groups in total. The van der Waals surface area contributed by atoms with Crippen molar-refractivity contribution in [3.63, 3.8) is 0 Å². The zero-order valence-electron chi connectivity index (χ0n) is 19.7. The van der Waals surface area contributed by atoms with Gasteiger partial charge in [0, 0.05) is 19.3 Å². The van der Waals surface area contributed by atoms with Gasteiger partial charge in [0.25, 0.3) is 5.56 Å². The highest BCUT2D eigenvalue weighted by Crippen LogP contribution is 2.29. The summed E-state index contributed by atoms with van der Waals surface area (Å²) in [6.45, 7) is 4.76. The summed E-state index contributed by atoms with van der Waals surface area (Å²) in [4.78, 5) is 30.6. The summed E-state index contributed by atoms with van der Waals surface area (Å²) >= 11 is 1.17. The molecule has 2 aromatic carbocycles. The third kappa shape index (κ3) is 6.28.